The van der Waals surface area contributed by atoms with E-state index in [0.717, 1.165) is 19.3 Å². The number of carbonyl (C=O) groups is 9. The molecule has 3 aliphatic rings. The zero-order chi connectivity index (χ0) is 78.1. The summed E-state index contributed by atoms with van der Waals surface area (Å²) >= 11 is 0. The zero-order valence-electron chi connectivity index (χ0n) is 63.3. The number of carbonyl (C=O) groups excluding carboxylic acids is 9. The summed E-state index contributed by atoms with van der Waals surface area (Å²) in [7, 11) is 1.64. The van der Waals surface area contributed by atoms with E-state index in [0.29, 0.717) is 154 Å². The van der Waals surface area contributed by atoms with E-state index in [1.165, 1.54) is 13.8 Å². The van der Waals surface area contributed by atoms with Gasteiger partial charge in [0.1, 0.15) is 101 Å². The van der Waals surface area contributed by atoms with Gasteiger partial charge in [-0.1, -0.05) is 39.0 Å². The maximum Gasteiger partial charge on any atom is 0.315 e. The smallest absolute Gasteiger partial charge is 0.315 e. The summed E-state index contributed by atoms with van der Waals surface area (Å²) in [5.74, 6) is -1.46. The van der Waals surface area contributed by atoms with E-state index in [1.54, 1.807) is 14.0 Å². The molecule has 0 aromatic heterocycles. The van der Waals surface area contributed by atoms with Crippen molar-refractivity contribution in [3.05, 3.63) is 0 Å². The van der Waals surface area contributed by atoms with Crippen LogP contribution < -0.4 is 21.3 Å². The Bertz CT molecular complexity index is 2380. The number of methoxy groups -OCH3 is 1. The topological polar surface area (TPSA) is 476 Å². The van der Waals surface area contributed by atoms with E-state index in [-0.39, 0.29) is 133 Å². The summed E-state index contributed by atoms with van der Waals surface area (Å²) < 4.78 is 57.5. The van der Waals surface area contributed by atoms with Gasteiger partial charge in [0.2, 0.25) is 11.8 Å². The minimum absolute atomic E-state index is 0.00156. The Hall–Kier alpha value is -4.53. The predicted molar refractivity (Wildman–Crippen MR) is 382 cm³/mol. The maximum atomic E-state index is 13.7. The van der Waals surface area contributed by atoms with E-state index in [2.05, 4.69) is 21.3 Å². The molecule has 0 aromatic rings. The molecule has 15 unspecified atom stereocenters. The molecule has 0 radical (unpaired) electrons. The van der Waals surface area contributed by atoms with Crippen LogP contribution in [-0.2, 0) is 85.7 Å². The van der Waals surface area contributed by atoms with Crippen molar-refractivity contribution in [3.8, 4) is 0 Å². The molecule has 0 aromatic carbocycles. The number of unbranched alkanes of at least 4 members (excludes halogenated alkanes) is 12. The zero-order valence-corrected chi connectivity index (χ0v) is 63.3. The first kappa shape index (κ1) is 95.7. The van der Waals surface area contributed by atoms with E-state index in [9.17, 15) is 89.1 Å². The van der Waals surface area contributed by atoms with E-state index in [4.69, 9.17) is 47.4 Å². The highest BCUT2D eigenvalue weighted by Gasteiger charge is 2.47. The summed E-state index contributed by atoms with van der Waals surface area (Å²) in [6.45, 7) is 3.57. The Balaban J connectivity index is 1.51. The summed E-state index contributed by atoms with van der Waals surface area (Å²) in [5, 5.41) is 101. The molecular weight excluding hydrogens is 1390 g/mol. The lowest BCUT2D eigenvalue weighted by Gasteiger charge is -2.42. The predicted octanol–water partition coefficient (Wildman–Crippen LogP) is 2.24. The second-order valence-electron chi connectivity index (χ2n) is 28.3. The number of urea groups is 1. The summed E-state index contributed by atoms with van der Waals surface area (Å²) in [6.07, 6.45) is 0.412. The standard InChI is InChI=1S/C74H130N4O28/c1-50-64(90)65(91)59(44-79)104-70(50)101-38-21-16-30-53(84)24-10-7-13-27-56(87)33-41-98-47-74(78-73(96)75-36-19-5-6-20-37-97-4,48-99-42-34-57(88)28-14-8-11-25-54(85)31-17-22-39-102-71-62(76-51(2)82)68(94)66(92)60(45-80)105-71)49-100-43-35-58(89)29-15-9-12-26-55(86)32-18-23-40-103-72-63(77-52(3)83)69(95)67(93)61(46-81)106-72/h50,59-72,79-81,90-95H,5-49H2,1-4H3,(H,76,82)(H,77,83)(H2,75,78,96). The fourth-order valence-corrected chi connectivity index (χ4v) is 12.5. The molecule has 32 nitrogen and oxygen atoms in total. The third kappa shape index (κ3) is 39.9. The van der Waals surface area contributed by atoms with Crippen molar-refractivity contribution in [2.75, 3.05) is 99.5 Å². The van der Waals surface area contributed by atoms with Crippen LogP contribution in [0.4, 0.5) is 4.79 Å². The number of hydrogen-bond donors (Lipinski definition) is 13. The van der Waals surface area contributed by atoms with Gasteiger partial charge >= 0.3 is 6.03 Å². The minimum atomic E-state index is -1.43. The molecule has 0 spiro atoms. The summed E-state index contributed by atoms with van der Waals surface area (Å²) in [6, 6.07) is -2.66. The molecule has 3 saturated heterocycles. The number of ether oxygens (including phenoxy) is 10. The summed E-state index contributed by atoms with van der Waals surface area (Å²) in [5.41, 5.74) is -1.35. The average Bonchev–Trinajstić information content (AvgIpc) is 0.818. The third-order valence-electron chi connectivity index (χ3n) is 19.0. The van der Waals surface area contributed by atoms with Crippen LogP contribution in [0.15, 0.2) is 0 Å². The number of ketones is 6. The minimum Gasteiger partial charge on any atom is -0.394 e. The van der Waals surface area contributed by atoms with Crippen molar-refractivity contribution >= 4 is 52.5 Å². The van der Waals surface area contributed by atoms with Gasteiger partial charge in [-0.25, -0.2) is 4.79 Å². The fourth-order valence-electron chi connectivity index (χ4n) is 12.5. The number of amides is 4. The molecule has 3 rings (SSSR count). The Kier molecular flexibility index (Phi) is 51.1. The highest BCUT2D eigenvalue weighted by Crippen LogP contribution is 2.28. The molecule has 13 N–H and O–H groups in total. The molecule has 0 aliphatic carbocycles. The van der Waals surface area contributed by atoms with E-state index in [1.807, 2.05) is 0 Å². The maximum absolute atomic E-state index is 13.7. The van der Waals surface area contributed by atoms with Crippen molar-refractivity contribution in [1.82, 2.24) is 21.3 Å². The van der Waals surface area contributed by atoms with Crippen LogP contribution in [-0.4, -0.2) is 289 Å². The molecule has 106 heavy (non-hydrogen) atoms. The Labute approximate surface area is 624 Å². The van der Waals surface area contributed by atoms with Crippen LogP contribution >= 0.6 is 0 Å². The number of aliphatic hydroxyl groups is 9. The second kappa shape index (κ2) is 56.6. The normalized spacial score (nSPS) is 25.1. The van der Waals surface area contributed by atoms with Crippen LogP contribution in [0.5, 0.6) is 0 Å². The monoisotopic (exact) mass is 1520 g/mol. The molecule has 0 saturated carbocycles. The number of aliphatic hydroxyl groups excluding tert-OH is 9. The highest BCUT2D eigenvalue weighted by atomic mass is 16.7. The lowest BCUT2D eigenvalue weighted by Crippen LogP contribution is -2.64. The molecule has 15 atom stereocenters. The Morgan fingerprint density at radius 2 is 0.651 bits per heavy atom. The Morgan fingerprint density at radius 3 is 0.991 bits per heavy atom. The number of nitrogens with one attached hydrogen (secondary N) is 4. The molecule has 3 fully saturated rings. The second-order valence-corrected chi connectivity index (χ2v) is 28.3. The lowest BCUT2D eigenvalue weighted by atomic mass is 9.92. The molecule has 3 heterocycles. The van der Waals surface area contributed by atoms with E-state index < -0.39 is 135 Å². The van der Waals surface area contributed by atoms with Crippen LogP contribution in [0.25, 0.3) is 0 Å². The van der Waals surface area contributed by atoms with Crippen molar-refractivity contribution in [2.24, 2.45) is 5.92 Å². The van der Waals surface area contributed by atoms with Gasteiger partial charge in [-0.15, -0.1) is 0 Å². The van der Waals surface area contributed by atoms with Crippen LogP contribution in [0.2, 0.25) is 0 Å². The van der Waals surface area contributed by atoms with Gasteiger partial charge in [-0.3, -0.25) is 38.4 Å². The first-order chi connectivity index (χ1) is 50.9. The van der Waals surface area contributed by atoms with Crippen LogP contribution in [0.3, 0.4) is 0 Å². The highest BCUT2D eigenvalue weighted by molar-refractivity contribution is 5.81. The van der Waals surface area contributed by atoms with Crippen molar-refractivity contribution in [2.45, 2.75) is 311 Å². The Morgan fingerprint density at radius 1 is 0.358 bits per heavy atom. The van der Waals surface area contributed by atoms with Gasteiger partial charge in [0.25, 0.3) is 0 Å². The van der Waals surface area contributed by atoms with Gasteiger partial charge in [-0.2, -0.15) is 0 Å². The van der Waals surface area contributed by atoms with Gasteiger partial charge < -0.3 is 115 Å². The molecule has 0 bridgehead atoms. The molecule has 3 aliphatic heterocycles. The third-order valence-corrected chi connectivity index (χ3v) is 19.0. The summed E-state index contributed by atoms with van der Waals surface area (Å²) in [4.78, 5) is 115. The van der Waals surface area contributed by atoms with Gasteiger partial charge in [0, 0.05) is 137 Å². The van der Waals surface area contributed by atoms with Crippen LogP contribution in [0.1, 0.15) is 220 Å². The number of hydrogen-bond acceptors (Lipinski definition) is 28. The fraction of sp³-hybridized carbons (Fsp3) is 0.878. The molecular formula is C74H130N4O28. The van der Waals surface area contributed by atoms with Crippen LogP contribution in [0, 0.1) is 5.92 Å². The van der Waals surface area contributed by atoms with Crippen molar-refractivity contribution < 1.29 is 136 Å². The SMILES string of the molecule is COCCCCCCNC(=O)NC(COCCC(=O)CCCCCC(=O)CCCCOC1OC(CO)C(O)C(O)C1C)(COCCC(=O)CCCCCC(=O)CCCCOC1OC(CO)C(O)C(O)C1NC(C)=O)COCCC(=O)CCCCCC(=O)CCCCOC1OC(CO)C(O)C(O)C1NC(C)=O. The van der Waals surface area contributed by atoms with Gasteiger partial charge in [0.05, 0.1) is 65.6 Å². The first-order valence-electron chi connectivity index (χ1n) is 38.5. The average molecular weight is 1520 g/mol. The number of Topliss-reactive ketones (excluding diaryl/α,β-unsaturated/α-hetero) is 6. The van der Waals surface area contributed by atoms with Crippen molar-refractivity contribution in [3.63, 3.8) is 0 Å². The largest absolute Gasteiger partial charge is 0.394 e. The molecule has 4 amide bonds. The molecule has 614 valence electrons. The molecule has 32 heteroatoms. The van der Waals surface area contributed by atoms with E-state index >= 15 is 0 Å². The quantitative estimate of drug-likeness (QED) is 0.0388. The van der Waals surface area contributed by atoms with Crippen molar-refractivity contribution in [1.29, 1.82) is 0 Å². The van der Waals surface area contributed by atoms with Gasteiger partial charge in [0.15, 0.2) is 18.9 Å². The lowest BCUT2D eigenvalue weighted by molar-refractivity contribution is -0.282. The van der Waals surface area contributed by atoms with Gasteiger partial charge in [-0.05, 0) is 89.9 Å². The first-order valence-corrected chi connectivity index (χ1v) is 38.5. The number of rotatable bonds is 64.